The fraction of sp³-hybridized carbons (Fsp3) is 0.538. The summed E-state index contributed by atoms with van der Waals surface area (Å²) in [6.45, 7) is 5.58. The molecule has 0 aliphatic rings. The van der Waals surface area contributed by atoms with Crippen LogP contribution in [0.1, 0.15) is 31.7 Å². The number of ether oxygens (including phenoxy) is 1. The average Bonchev–Trinajstić information content (AvgIpc) is 2.25. The summed E-state index contributed by atoms with van der Waals surface area (Å²) in [5, 5.41) is 0. The normalized spacial score (nSPS) is 13.1. The second-order valence-electron chi connectivity index (χ2n) is 4.05. The lowest BCUT2D eigenvalue weighted by Crippen LogP contribution is -2.16. The Morgan fingerprint density at radius 1 is 1.20 bits per heavy atom. The van der Waals surface area contributed by atoms with Crippen molar-refractivity contribution in [1.82, 2.24) is 0 Å². The van der Waals surface area contributed by atoms with Crippen molar-refractivity contribution in [3.05, 3.63) is 35.9 Å². The monoisotopic (exact) mass is 207 g/mol. The van der Waals surface area contributed by atoms with Crippen LogP contribution in [0.15, 0.2) is 30.3 Å². The number of hydrogen-bond acceptors (Lipinski definition) is 2. The van der Waals surface area contributed by atoms with Crippen molar-refractivity contribution in [2.75, 3.05) is 13.2 Å². The maximum absolute atomic E-state index is 5.77. The molecule has 0 aliphatic heterocycles. The summed E-state index contributed by atoms with van der Waals surface area (Å²) in [6.07, 6.45) is 1.30. The molecule has 0 heterocycles. The highest BCUT2D eigenvalue weighted by atomic mass is 16.5. The highest BCUT2D eigenvalue weighted by molar-refractivity contribution is 5.19. The summed E-state index contributed by atoms with van der Waals surface area (Å²) in [5.74, 6) is 0.421. The molecule has 1 rings (SSSR count). The van der Waals surface area contributed by atoms with Gasteiger partial charge in [0.25, 0.3) is 0 Å². The largest absolute Gasteiger partial charge is 0.379 e. The molecule has 0 aromatic heterocycles. The first-order valence-corrected chi connectivity index (χ1v) is 5.60. The summed E-state index contributed by atoms with van der Waals surface area (Å²) in [6, 6.07) is 10.4. The van der Waals surface area contributed by atoms with Crippen LogP contribution < -0.4 is 5.73 Å². The Bertz CT molecular complexity index is 258. The van der Waals surface area contributed by atoms with E-state index in [0.717, 1.165) is 13.0 Å². The van der Waals surface area contributed by atoms with Gasteiger partial charge in [-0.1, -0.05) is 30.3 Å². The number of hydrogen-bond donors (Lipinski definition) is 1. The molecule has 1 aromatic rings. The molecule has 1 unspecified atom stereocenters. The Morgan fingerprint density at radius 3 is 2.40 bits per heavy atom. The number of rotatable bonds is 6. The minimum Gasteiger partial charge on any atom is -0.379 e. The van der Waals surface area contributed by atoms with E-state index in [1.54, 1.807) is 0 Å². The van der Waals surface area contributed by atoms with Gasteiger partial charge in [-0.15, -0.1) is 0 Å². The summed E-state index contributed by atoms with van der Waals surface area (Å²) >= 11 is 0. The molecule has 2 nitrogen and oxygen atoms in total. The van der Waals surface area contributed by atoms with Crippen molar-refractivity contribution in [2.45, 2.75) is 32.3 Å². The van der Waals surface area contributed by atoms with E-state index >= 15 is 0 Å². The molecule has 0 radical (unpaired) electrons. The first kappa shape index (κ1) is 12.2. The van der Waals surface area contributed by atoms with Crippen molar-refractivity contribution in [3.63, 3.8) is 0 Å². The van der Waals surface area contributed by atoms with Gasteiger partial charge in [-0.2, -0.15) is 0 Å². The van der Waals surface area contributed by atoms with Crippen molar-refractivity contribution in [1.29, 1.82) is 0 Å². The lowest BCUT2D eigenvalue weighted by atomic mass is 9.96. The molecule has 2 N–H and O–H groups in total. The molecule has 1 atom stereocenters. The summed E-state index contributed by atoms with van der Waals surface area (Å²) < 4.78 is 5.54. The van der Waals surface area contributed by atoms with Gasteiger partial charge in [-0.25, -0.2) is 0 Å². The van der Waals surface area contributed by atoms with Gasteiger partial charge >= 0.3 is 0 Å². The second-order valence-corrected chi connectivity index (χ2v) is 4.05. The van der Waals surface area contributed by atoms with Gasteiger partial charge in [-0.05, 0) is 38.3 Å². The van der Waals surface area contributed by atoms with Crippen LogP contribution in [0.2, 0.25) is 0 Å². The molecule has 0 bridgehead atoms. The molecule has 0 saturated heterocycles. The molecular weight excluding hydrogens is 186 g/mol. The zero-order chi connectivity index (χ0) is 11.1. The fourth-order valence-corrected chi connectivity index (χ4v) is 1.59. The minimum atomic E-state index is 0.305. The minimum absolute atomic E-state index is 0.305. The van der Waals surface area contributed by atoms with E-state index in [-0.39, 0.29) is 0 Å². The van der Waals surface area contributed by atoms with Gasteiger partial charge in [-0.3, -0.25) is 0 Å². The van der Waals surface area contributed by atoms with Crippen molar-refractivity contribution < 1.29 is 4.74 Å². The zero-order valence-electron chi connectivity index (χ0n) is 9.65. The van der Waals surface area contributed by atoms with E-state index in [1.807, 2.05) is 6.07 Å². The third-order valence-corrected chi connectivity index (χ3v) is 2.47. The van der Waals surface area contributed by atoms with Crippen LogP contribution in [0.25, 0.3) is 0 Å². The van der Waals surface area contributed by atoms with Gasteiger partial charge in [0.15, 0.2) is 0 Å². The summed E-state index contributed by atoms with van der Waals surface area (Å²) in [7, 11) is 0. The first-order valence-electron chi connectivity index (χ1n) is 5.60. The van der Waals surface area contributed by atoms with Crippen LogP contribution in [0.4, 0.5) is 0 Å². The SMILES string of the molecule is CC(C)OCCC(CN)c1ccccc1. The molecule has 0 aliphatic carbocycles. The molecule has 15 heavy (non-hydrogen) atoms. The zero-order valence-corrected chi connectivity index (χ0v) is 9.65. The van der Waals surface area contributed by atoms with E-state index in [0.29, 0.717) is 18.6 Å². The molecule has 2 heteroatoms. The number of benzene rings is 1. The van der Waals surface area contributed by atoms with Gasteiger partial charge in [0, 0.05) is 6.61 Å². The van der Waals surface area contributed by atoms with E-state index in [9.17, 15) is 0 Å². The molecule has 0 fully saturated rings. The van der Waals surface area contributed by atoms with Gasteiger partial charge in [0.2, 0.25) is 0 Å². The first-order chi connectivity index (χ1) is 7.24. The summed E-state index contributed by atoms with van der Waals surface area (Å²) in [5.41, 5.74) is 7.08. The number of nitrogens with two attached hydrogens (primary N) is 1. The van der Waals surface area contributed by atoms with E-state index < -0.39 is 0 Å². The van der Waals surface area contributed by atoms with Crippen LogP contribution in [-0.2, 0) is 4.74 Å². The van der Waals surface area contributed by atoms with Gasteiger partial charge < -0.3 is 10.5 Å². The average molecular weight is 207 g/mol. The molecular formula is C13H21NO. The highest BCUT2D eigenvalue weighted by Crippen LogP contribution is 2.18. The predicted molar refractivity (Wildman–Crippen MR) is 63.9 cm³/mol. The Morgan fingerprint density at radius 2 is 1.87 bits per heavy atom. The Hall–Kier alpha value is -0.860. The van der Waals surface area contributed by atoms with Crippen LogP contribution in [0.3, 0.4) is 0 Å². The predicted octanol–water partition coefficient (Wildman–Crippen LogP) is 2.54. The van der Waals surface area contributed by atoms with Crippen LogP contribution in [0, 0.1) is 0 Å². The standard InChI is InChI=1S/C13H21NO/c1-11(2)15-9-8-13(10-14)12-6-4-3-5-7-12/h3-7,11,13H,8-10,14H2,1-2H3. The van der Waals surface area contributed by atoms with E-state index in [2.05, 4.69) is 38.1 Å². The highest BCUT2D eigenvalue weighted by Gasteiger charge is 2.09. The Labute approximate surface area is 92.4 Å². The Balaban J connectivity index is 2.43. The van der Waals surface area contributed by atoms with Crippen LogP contribution in [-0.4, -0.2) is 19.3 Å². The molecule has 0 saturated carbocycles. The van der Waals surface area contributed by atoms with Crippen LogP contribution >= 0.6 is 0 Å². The maximum Gasteiger partial charge on any atom is 0.0518 e. The third-order valence-electron chi connectivity index (χ3n) is 2.47. The molecule has 1 aromatic carbocycles. The second kappa shape index (κ2) is 6.59. The van der Waals surface area contributed by atoms with Crippen LogP contribution in [0.5, 0.6) is 0 Å². The van der Waals surface area contributed by atoms with Gasteiger partial charge in [0.1, 0.15) is 0 Å². The molecule has 0 spiro atoms. The lowest BCUT2D eigenvalue weighted by Gasteiger charge is -2.16. The molecule has 0 amide bonds. The fourth-order valence-electron chi connectivity index (χ4n) is 1.59. The topological polar surface area (TPSA) is 35.2 Å². The lowest BCUT2D eigenvalue weighted by molar-refractivity contribution is 0.0737. The van der Waals surface area contributed by atoms with E-state index in [4.69, 9.17) is 10.5 Å². The van der Waals surface area contributed by atoms with Gasteiger partial charge in [0.05, 0.1) is 6.10 Å². The van der Waals surface area contributed by atoms with E-state index in [1.165, 1.54) is 5.56 Å². The summed E-state index contributed by atoms with van der Waals surface area (Å²) in [4.78, 5) is 0. The third kappa shape index (κ3) is 4.45. The van der Waals surface area contributed by atoms with Crippen molar-refractivity contribution in [2.24, 2.45) is 5.73 Å². The quantitative estimate of drug-likeness (QED) is 0.778. The smallest absolute Gasteiger partial charge is 0.0518 e. The van der Waals surface area contributed by atoms with Crippen molar-refractivity contribution in [3.8, 4) is 0 Å². The van der Waals surface area contributed by atoms with Crippen molar-refractivity contribution >= 4 is 0 Å². The Kier molecular flexibility index (Phi) is 5.37. The maximum atomic E-state index is 5.77. The molecule has 84 valence electrons.